The van der Waals surface area contributed by atoms with Crippen molar-refractivity contribution in [2.24, 2.45) is 0 Å². The molecule has 0 aliphatic carbocycles. The normalized spacial score (nSPS) is 12.7. The Morgan fingerprint density at radius 1 is 1.00 bits per heavy atom. The largest absolute Gasteiger partial charge is 0.388 e. The van der Waals surface area contributed by atoms with Crippen molar-refractivity contribution in [2.45, 2.75) is 19.0 Å². The molecule has 0 radical (unpaired) electrons. The Kier molecular flexibility index (Phi) is 4.66. The predicted molar refractivity (Wildman–Crippen MR) is 74.2 cm³/mol. The van der Waals surface area contributed by atoms with Gasteiger partial charge < -0.3 is 5.11 Å². The second-order valence-corrected chi connectivity index (χ2v) is 5.23. The predicted octanol–water partition coefficient (Wildman–Crippen LogP) is 4.66. The van der Waals surface area contributed by atoms with Gasteiger partial charge in [-0.1, -0.05) is 46.3 Å². The van der Waals surface area contributed by atoms with Crippen LogP contribution in [0.15, 0.2) is 53.0 Å². The molecule has 4 heteroatoms. The van der Waals surface area contributed by atoms with E-state index >= 15 is 0 Å². The summed E-state index contributed by atoms with van der Waals surface area (Å²) < 4.78 is 26.2. The molecule has 0 saturated heterocycles. The van der Waals surface area contributed by atoms with E-state index in [4.69, 9.17) is 0 Å². The van der Waals surface area contributed by atoms with Crippen LogP contribution in [-0.2, 0) is 6.42 Å². The van der Waals surface area contributed by atoms with Gasteiger partial charge in [-0.2, -0.15) is 0 Å². The number of alkyl halides is 2. The molecule has 2 rings (SSSR count). The Balaban J connectivity index is 2.13. The van der Waals surface area contributed by atoms with Gasteiger partial charge in [0.2, 0.25) is 0 Å². The molecule has 0 aliphatic rings. The van der Waals surface area contributed by atoms with E-state index in [-0.39, 0.29) is 5.56 Å². The molecule has 0 fully saturated rings. The average Bonchev–Trinajstić information content (AvgIpc) is 2.41. The maximum atomic E-state index is 12.6. The summed E-state index contributed by atoms with van der Waals surface area (Å²) in [5.74, 6) is 0. The van der Waals surface area contributed by atoms with Gasteiger partial charge in [0.15, 0.2) is 0 Å². The smallest absolute Gasteiger partial charge is 0.263 e. The summed E-state index contributed by atoms with van der Waals surface area (Å²) in [6, 6.07) is 13.5. The van der Waals surface area contributed by atoms with Gasteiger partial charge in [-0.25, -0.2) is 8.78 Å². The van der Waals surface area contributed by atoms with Gasteiger partial charge in [0.05, 0.1) is 6.10 Å². The fourth-order valence-electron chi connectivity index (χ4n) is 1.86. The summed E-state index contributed by atoms with van der Waals surface area (Å²) in [7, 11) is 0. The Labute approximate surface area is 119 Å². The molecule has 2 aromatic rings. The Bertz CT molecular complexity index is 540. The van der Waals surface area contributed by atoms with Gasteiger partial charge in [0.1, 0.15) is 0 Å². The van der Waals surface area contributed by atoms with Crippen molar-refractivity contribution >= 4 is 15.9 Å². The minimum absolute atomic E-state index is 0.0626. The third kappa shape index (κ3) is 3.85. The molecule has 0 amide bonds. The van der Waals surface area contributed by atoms with Gasteiger partial charge in [0.25, 0.3) is 6.43 Å². The van der Waals surface area contributed by atoms with E-state index in [0.717, 1.165) is 10.0 Å². The molecule has 0 spiro atoms. The molecular weight excluding hydrogens is 314 g/mol. The van der Waals surface area contributed by atoms with Crippen molar-refractivity contribution < 1.29 is 13.9 Å². The maximum absolute atomic E-state index is 12.6. The number of benzene rings is 2. The Morgan fingerprint density at radius 3 is 2.26 bits per heavy atom. The first kappa shape index (κ1) is 14.2. The van der Waals surface area contributed by atoms with Gasteiger partial charge in [-0.05, 0) is 29.3 Å². The highest BCUT2D eigenvalue weighted by Gasteiger charge is 2.12. The molecule has 1 unspecified atom stereocenters. The van der Waals surface area contributed by atoms with E-state index in [1.807, 2.05) is 24.3 Å². The van der Waals surface area contributed by atoms with Crippen LogP contribution in [0.5, 0.6) is 0 Å². The van der Waals surface area contributed by atoms with Crippen molar-refractivity contribution in [3.8, 4) is 0 Å². The highest BCUT2D eigenvalue weighted by atomic mass is 79.9. The first-order chi connectivity index (χ1) is 9.06. The second-order valence-electron chi connectivity index (χ2n) is 4.32. The topological polar surface area (TPSA) is 20.2 Å². The third-order valence-corrected chi connectivity index (χ3v) is 3.42. The summed E-state index contributed by atoms with van der Waals surface area (Å²) in [5.41, 5.74) is 1.41. The Morgan fingerprint density at radius 2 is 1.63 bits per heavy atom. The molecule has 0 aliphatic heterocycles. The monoisotopic (exact) mass is 326 g/mol. The number of aliphatic hydroxyl groups is 1. The summed E-state index contributed by atoms with van der Waals surface area (Å²) >= 11 is 3.34. The average molecular weight is 327 g/mol. The molecule has 0 bridgehead atoms. The number of aliphatic hydroxyl groups excluding tert-OH is 1. The molecule has 1 N–H and O–H groups in total. The van der Waals surface area contributed by atoms with E-state index in [1.165, 1.54) is 12.1 Å². The van der Waals surface area contributed by atoms with Crippen LogP contribution in [0, 0.1) is 0 Å². The molecule has 0 heterocycles. The van der Waals surface area contributed by atoms with Crippen LogP contribution in [0.1, 0.15) is 29.2 Å². The van der Waals surface area contributed by atoms with Crippen molar-refractivity contribution in [2.75, 3.05) is 0 Å². The van der Waals surface area contributed by atoms with Crippen LogP contribution in [0.25, 0.3) is 0 Å². The molecule has 0 aromatic heterocycles. The Hall–Kier alpha value is -1.26. The standard InChI is InChI=1S/C15H13BrF2O/c16-13-6-4-10(5-7-13)8-14(19)11-2-1-3-12(9-11)15(17)18/h1-7,9,14-15,19H,8H2. The molecule has 1 atom stereocenters. The number of hydrogen-bond donors (Lipinski definition) is 1. The van der Waals surface area contributed by atoms with Gasteiger partial charge >= 0.3 is 0 Å². The molecule has 2 aromatic carbocycles. The number of halogens is 3. The van der Waals surface area contributed by atoms with Gasteiger partial charge in [-0.3, -0.25) is 0 Å². The minimum atomic E-state index is -2.51. The lowest BCUT2D eigenvalue weighted by Gasteiger charge is -2.12. The van der Waals surface area contributed by atoms with Crippen molar-refractivity contribution in [1.29, 1.82) is 0 Å². The lowest BCUT2D eigenvalue weighted by atomic mass is 10.00. The van der Waals surface area contributed by atoms with Gasteiger partial charge in [0, 0.05) is 16.5 Å². The van der Waals surface area contributed by atoms with Gasteiger partial charge in [-0.15, -0.1) is 0 Å². The summed E-state index contributed by atoms with van der Waals surface area (Å²) in [6.45, 7) is 0. The highest BCUT2D eigenvalue weighted by molar-refractivity contribution is 9.10. The lowest BCUT2D eigenvalue weighted by Crippen LogP contribution is -2.02. The summed E-state index contributed by atoms with van der Waals surface area (Å²) in [5, 5.41) is 10.1. The third-order valence-electron chi connectivity index (χ3n) is 2.89. The van der Waals surface area contributed by atoms with Crippen LogP contribution in [0.2, 0.25) is 0 Å². The van der Waals surface area contributed by atoms with Crippen LogP contribution in [0.4, 0.5) is 8.78 Å². The summed E-state index contributed by atoms with van der Waals surface area (Å²) in [4.78, 5) is 0. The van der Waals surface area contributed by atoms with E-state index in [2.05, 4.69) is 15.9 Å². The van der Waals surface area contributed by atoms with Crippen LogP contribution >= 0.6 is 15.9 Å². The SMILES string of the molecule is OC(Cc1ccc(Br)cc1)c1cccc(C(F)F)c1. The van der Waals surface area contributed by atoms with Crippen molar-refractivity contribution in [1.82, 2.24) is 0 Å². The lowest BCUT2D eigenvalue weighted by molar-refractivity contribution is 0.149. The van der Waals surface area contributed by atoms with Crippen LogP contribution < -0.4 is 0 Å². The fraction of sp³-hybridized carbons (Fsp3) is 0.200. The van der Waals surface area contributed by atoms with Crippen LogP contribution in [0.3, 0.4) is 0 Å². The zero-order valence-corrected chi connectivity index (χ0v) is 11.6. The van der Waals surface area contributed by atoms with E-state index in [0.29, 0.717) is 12.0 Å². The summed E-state index contributed by atoms with van der Waals surface area (Å²) in [6.07, 6.45) is -2.89. The maximum Gasteiger partial charge on any atom is 0.263 e. The van der Waals surface area contributed by atoms with E-state index in [9.17, 15) is 13.9 Å². The van der Waals surface area contributed by atoms with E-state index < -0.39 is 12.5 Å². The van der Waals surface area contributed by atoms with E-state index in [1.54, 1.807) is 12.1 Å². The zero-order chi connectivity index (χ0) is 13.8. The number of hydrogen-bond acceptors (Lipinski definition) is 1. The van der Waals surface area contributed by atoms with Crippen molar-refractivity contribution in [3.05, 3.63) is 69.7 Å². The molecule has 19 heavy (non-hydrogen) atoms. The molecule has 0 saturated carbocycles. The zero-order valence-electron chi connectivity index (χ0n) is 10.1. The molecular formula is C15H13BrF2O. The molecule has 1 nitrogen and oxygen atoms in total. The van der Waals surface area contributed by atoms with Crippen LogP contribution in [-0.4, -0.2) is 5.11 Å². The number of rotatable bonds is 4. The fourth-order valence-corrected chi connectivity index (χ4v) is 2.13. The molecule has 100 valence electrons. The highest BCUT2D eigenvalue weighted by Crippen LogP contribution is 2.24. The minimum Gasteiger partial charge on any atom is -0.388 e. The van der Waals surface area contributed by atoms with Crippen molar-refractivity contribution in [3.63, 3.8) is 0 Å². The first-order valence-electron chi connectivity index (χ1n) is 5.87. The quantitative estimate of drug-likeness (QED) is 0.866. The first-order valence-corrected chi connectivity index (χ1v) is 6.66. The second kappa shape index (κ2) is 6.26.